The van der Waals surface area contributed by atoms with Gasteiger partial charge in [-0.2, -0.15) is 11.8 Å². The Morgan fingerprint density at radius 2 is 0.824 bits per heavy atom. The van der Waals surface area contributed by atoms with Gasteiger partial charge in [0.05, 0.1) is 0 Å². The largest absolute Gasteiger partial charge is 0.343 e. The van der Waals surface area contributed by atoms with E-state index in [-0.39, 0.29) is 73.9 Å². The second-order valence-electron chi connectivity index (χ2n) is 28.1. The van der Waals surface area contributed by atoms with Gasteiger partial charge < -0.3 is 60.5 Å². The van der Waals surface area contributed by atoms with Crippen LogP contribution in [0.3, 0.4) is 0 Å². The topological polar surface area (TPSA) is 262 Å². The first-order valence-electron chi connectivity index (χ1n) is 33.0. The van der Waals surface area contributed by atoms with Gasteiger partial charge in [0, 0.05) is 67.4 Å². The number of amides is 11. The van der Waals surface area contributed by atoms with Gasteiger partial charge >= 0.3 is 0 Å². The lowest BCUT2D eigenvalue weighted by atomic mass is 9.93. The summed E-state index contributed by atoms with van der Waals surface area (Å²) in [4.78, 5) is 175. The summed E-state index contributed by atoms with van der Waals surface area (Å²) in [5, 5.41) is 11.3. The van der Waals surface area contributed by atoms with Crippen LogP contribution in [0.5, 0.6) is 0 Å². The predicted molar refractivity (Wildman–Crippen MR) is 362 cm³/mol. The van der Waals surface area contributed by atoms with Crippen LogP contribution in [0.4, 0.5) is 0 Å². The maximum absolute atomic E-state index is 15.3. The maximum atomic E-state index is 15.3. The first kappa shape index (κ1) is 83.2. The third kappa shape index (κ3) is 24.9. The molecule has 0 radical (unpaired) electrons. The monoisotopic (exact) mass is 1300 g/mol. The fraction of sp³-hybridized carbons (Fsp3) is 0.806. The van der Waals surface area contributed by atoms with Gasteiger partial charge in [0.2, 0.25) is 65.0 Å². The highest BCUT2D eigenvalue weighted by atomic mass is 32.2. The van der Waals surface area contributed by atoms with Crippen molar-refractivity contribution in [3.05, 3.63) is 12.2 Å². The molecule has 1 aliphatic rings. The fourth-order valence-electron chi connectivity index (χ4n) is 11.4. The third-order valence-electron chi connectivity index (χ3n) is 17.2. The molecule has 0 aliphatic carbocycles. The van der Waals surface area contributed by atoms with Crippen molar-refractivity contribution in [1.29, 1.82) is 0 Å². The molecular weight excluding hydrogens is 1180 g/mol. The van der Waals surface area contributed by atoms with Gasteiger partial charge in [0.15, 0.2) is 0 Å². The van der Waals surface area contributed by atoms with E-state index >= 15 is 28.8 Å². The minimum Gasteiger partial charge on any atom is -0.343 e. The Morgan fingerprint density at radius 1 is 0.440 bits per heavy atom. The zero-order valence-electron chi connectivity index (χ0n) is 60.6. The molecule has 522 valence electrons. The summed E-state index contributed by atoms with van der Waals surface area (Å²) in [6.07, 6.45) is 5.39. The molecule has 1 saturated heterocycles. The molecule has 91 heavy (non-hydrogen) atoms. The Hall–Kier alpha value is -5.78. The van der Waals surface area contributed by atoms with Crippen molar-refractivity contribution in [1.82, 2.24) is 60.5 Å². The number of carbonyl (C=O) groups excluding carboxylic acids is 11. The molecule has 1 fully saturated rings. The smallest absolute Gasteiger partial charge is 0.246 e. The number of nitrogens with one attached hydrogen (secondary N) is 4. The van der Waals surface area contributed by atoms with Crippen LogP contribution in [0.2, 0.25) is 0 Å². The molecule has 0 aromatic rings. The zero-order valence-corrected chi connectivity index (χ0v) is 61.4. The van der Waals surface area contributed by atoms with E-state index in [4.69, 9.17) is 0 Å². The molecule has 24 heteroatoms. The molecule has 23 nitrogen and oxygen atoms in total. The van der Waals surface area contributed by atoms with Gasteiger partial charge in [-0.25, -0.2) is 0 Å². The predicted octanol–water partition coefficient (Wildman–Crippen LogP) is 4.96. The fourth-order valence-corrected chi connectivity index (χ4v) is 12.6. The summed E-state index contributed by atoms with van der Waals surface area (Å²) in [7, 11) is 14.3. The number of hydrogen-bond donors (Lipinski definition) is 4. The van der Waals surface area contributed by atoms with Crippen molar-refractivity contribution in [2.24, 2.45) is 41.4 Å². The molecule has 0 saturated carbocycles. The van der Waals surface area contributed by atoms with E-state index in [0.717, 1.165) is 0 Å². The number of carbonyl (C=O) groups is 11. The molecule has 1 aliphatic heterocycles. The van der Waals surface area contributed by atoms with E-state index in [0.29, 0.717) is 18.7 Å². The van der Waals surface area contributed by atoms with Crippen molar-refractivity contribution in [2.75, 3.05) is 81.5 Å². The van der Waals surface area contributed by atoms with E-state index in [2.05, 4.69) is 21.3 Å². The summed E-state index contributed by atoms with van der Waals surface area (Å²) in [5.74, 6) is -7.62. The maximum Gasteiger partial charge on any atom is 0.246 e. The van der Waals surface area contributed by atoms with E-state index in [1.54, 1.807) is 34.6 Å². The van der Waals surface area contributed by atoms with E-state index in [1.807, 2.05) is 100 Å². The van der Waals surface area contributed by atoms with Crippen LogP contribution in [-0.4, -0.2) is 252 Å². The average Bonchev–Trinajstić information content (AvgIpc) is 0.979. The highest BCUT2D eigenvalue weighted by Crippen LogP contribution is 2.26. The van der Waals surface area contributed by atoms with Crippen LogP contribution in [-0.2, 0) is 52.7 Å². The number of likely N-dealkylation sites (N-methyl/N-ethyl adjacent to an activating group) is 7. The lowest BCUT2D eigenvalue weighted by Gasteiger charge is -2.41. The number of hydrogen-bond acceptors (Lipinski definition) is 13. The lowest BCUT2D eigenvalue weighted by Crippen LogP contribution is -2.62. The Balaban J connectivity index is 4.48. The summed E-state index contributed by atoms with van der Waals surface area (Å²) in [5.41, 5.74) is 0. The van der Waals surface area contributed by atoms with Crippen LogP contribution in [0.15, 0.2) is 12.2 Å². The van der Waals surface area contributed by atoms with Gasteiger partial charge in [-0.05, 0) is 121 Å². The van der Waals surface area contributed by atoms with Crippen LogP contribution >= 0.6 is 11.8 Å². The Morgan fingerprint density at radius 3 is 1.27 bits per heavy atom. The third-order valence-corrected chi connectivity index (χ3v) is 18.2. The quantitative estimate of drug-likeness (QED) is 0.0930. The summed E-state index contributed by atoms with van der Waals surface area (Å²) in [6.45, 7) is 31.4. The first-order chi connectivity index (χ1) is 42.1. The molecule has 0 unspecified atom stereocenters. The van der Waals surface area contributed by atoms with Crippen LogP contribution in [0.1, 0.15) is 163 Å². The van der Waals surface area contributed by atoms with Crippen molar-refractivity contribution in [3.63, 3.8) is 0 Å². The second-order valence-corrected chi connectivity index (χ2v) is 29.3. The first-order valence-corrected chi connectivity index (χ1v) is 34.2. The number of nitrogens with zero attached hydrogens (tertiary/aromatic N) is 8. The number of thioether (sulfide) groups is 1. The number of allylic oxidation sites excluding steroid dienone is 2. The summed E-state index contributed by atoms with van der Waals surface area (Å²) >= 11 is 1.45. The highest BCUT2D eigenvalue weighted by molar-refractivity contribution is 7.99. The molecule has 11 amide bonds. The molecule has 0 aromatic carbocycles. The molecule has 1 rings (SSSR count). The standard InChI is InChI=1S/C67H122N12O11S/c1-27-29-30-45(15)37-51-59(82)70-48(28-2)62(85)78(25)54(38-91-32-31-72(18)19)65(88)73(20)50(34-40(5)6)60(83)71-55(43(11)12)66(89)74(21)49(33-39(3)4)58(81)68-46(16)57(80)69-47(17)61(84)76(23)52(35-41(7)8)63(86)77(24)53(36-42(9)10)64(87)79(26)56(44(13)14)67(90)75(51)22/h27,29,39-56H,28,30-38H2,1-26H3,(H,68,81)(H,69,80)(H,70,82)(H,71,83)/b29-27+/t45-,46-,47+,48+,49-,50+,51+,52+,53-,54-,55-,56-/m1/s1. The van der Waals surface area contributed by atoms with Crippen molar-refractivity contribution < 1.29 is 52.7 Å². The normalized spacial score (nSPS) is 26.5. The van der Waals surface area contributed by atoms with Gasteiger partial charge in [-0.1, -0.05) is 109 Å². The van der Waals surface area contributed by atoms with Gasteiger partial charge in [0.25, 0.3) is 0 Å². The minimum atomic E-state index is -1.22. The van der Waals surface area contributed by atoms with E-state index in [1.165, 1.54) is 109 Å². The SMILES string of the molecule is C/C=C/C[C@@H](C)C[C@H]1C(=O)N[C@@H](CC)C(=O)N(C)[C@H](CSCCN(C)C)C(=O)N(C)[C@@H](CC(C)C)C(=O)N[C@H](C(C)C)C(=O)N(C)[C@H](CC(C)C)C(=O)N[C@H](C)C(=O)N[C@@H](C)C(=O)N(C)[C@@H](CC(C)C)C(=O)N(C)[C@H](CC(C)C)C(=O)N(C)[C@H](C(C)C)C(=O)N1C. The van der Waals surface area contributed by atoms with Gasteiger partial charge in [-0.3, -0.25) is 52.7 Å². The Kier molecular flexibility index (Phi) is 35.7. The lowest BCUT2D eigenvalue weighted by molar-refractivity contribution is -0.156. The molecule has 0 aromatic heterocycles. The molecule has 0 spiro atoms. The minimum absolute atomic E-state index is 0.0967. The van der Waals surface area contributed by atoms with Crippen LogP contribution in [0, 0.1) is 41.4 Å². The van der Waals surface area contributed by atoms with E-state index < -0.39 is 143 Å². The van der Waals surface area contributed by atoms with Crippen molar-refractivity contribution >= 4 is 76.7 Å². The molecule has 0 bridgehead atoms. The van der Waals surface area contributed by atoms with Gasteiger partial charge in [-0.15, -0.1) is 0 Å². The molecule has 4 N–H and O–H groups in total. The van der Waals surface area contributed by atoms with Crippen LogP contribution in [0.25, 0.3) is 0 Å². The zero-order chi connectivity index (χ0) is 70.4. The van der Waals surface area contributed by atoms with Crippen LogP contribution < -0.4 is 21.3 Å². The molecule has 1 heterocycles. The summed E-state index contributed by atoms with van der Waals surface area (Å²) in [6, 6.07) is -12.7. The van der Waals surface area contributed by atoms with Gasteiger partial charge in [0.1, 0.15) is 66.5 Å². The summed E-state index contributed by atoms with van der Waals surface area (Å²) < 4.78 is 0. The Labute approximate surface area is 551 Å². The number of rotatable bonds is 20. The highest BCUT2D eigenvalue weighted by Gasteiger charge is 2.45. The van der Waals surface area contributed by atoms with Crippen molar-refractivity contribution in [3.8, 4) is 0 Å². The Bertz CT molecular complexity index is 2460. The molecular formula is C67H122N12O11S. The van der Waals surface area contributed by atoms with E-state index in [9.17, 15) is 24.0 Å². The average molecular weight is 1300 g/mol. The molecule has 12 atom stereocenters. The second kappa shape index (κ2) is 39.0. The van der Waals surface area contributed by atoms with Crippen molar-refractivity contribution in [2.45, 2.75) is 229 Å².